The standard InChI is InChI=1S/C12H26O/c1-6-7-8-10(2)11(13)9-12(3,4)5/h10-11,13H,6-9H2,1-5H3. The molecule has 0 spiro atoms. The summed E-state index contributed by atoms with van der Waals surface area (Å²) >= 11 is 0. The van der Waals surface area contributed by atoms with Crippen LogP contribution in [0.2, 0.25) is 0 Å². The van der Waals surface area contributed by atoms with Crippen LogP contribution in [0, 0.1) is 11.3 Å². The number of hydrogen-bond acceptors (Lipinski definition) is 1. The molecule has 80 valence electrons. The third-order valence-electron chi connectivity index (χ3n) is 2.49. The highest BCUT2D eigenvalue weighted by molar-refractivity contribution is 4.72. The van der Waals surface area contributed by atoms with Crippen molar-refractivity contribution in [1.82, 2.24) is 0 Å². The lowest BCUT2D eigenvalue weighted by molar-refractivity contribution is 0.0687. The Balaban J connectivity index is 3.75. The van der Waals surface area contributed by atoms with E-state index in [2.05, 4.69) is 34.6 Å². The van der Waals surface area contributed by atoms with E-state index >= 15 is 0 Å². The summed E-state index contributed by atoms with van der Waals surface area (Å²) in [5.41, 5.74) is 0.250. The maximum atomic E-state index is 9.88. The maximum Gasteiger partial charge on any atom is 0.0570 e. The third kappa shape index (κ3) is 7.06. The van der Waals surface area contributed by atoms with Crippen LogP contribution in [0.3, 0.4) is 0 Å². The van der Waals surface area contributed by atoms with Crippen molar-refractivity contribution < 1.29 is 5.11 Å². The summed E-state index contributed by atoms with van der Waals surface area (Å²) in [6, 6.07) is 0. The highest BCUT2D eigenvalue weighted by Crippen LogP contribution is 2.25. The first kappa shape index (κ1) is 13.0. The summed E-state index contributed by atoms with van der Waals surface area (Å²) in [6.45, 7) is 10.9. The molecule has 0 rings (SSSR count). The minimum absolute atomic E-state index is 0.119. The molecule has 0 bridgehead atoms. The topological polar surface area (TPSA) is 20.2 Å². The smallest absolute Gasteiger partial charge is 0.0570 e. The molecular weight excluding hydrogens is 160 g/mol. The number of rotatable bonds is 5. The predicted octanol–water partition coefficient (Wildman–Crippen LogP) is 3.61. The van der Waals surface area contributed by atoms with E-state index in [4.69, 9.17) is 0 Å². The van der Waals surface area contributed by atoms with Crippen LogP contribution in [-0.4, -0.2) is 11.2 Å². The highest BCUT2D eigenvalue weighted by Gasteiger charge is 2.20. The Morgan fingerprint density at radius 3 is 2.15 bits per heavy atom. The van der Waals surface area contributed by atoms with E-state index < -0.39 is 0 Å². The highest BCUT2D eigenvalue weighted by atomic mass is 16.3. The third-order valence-corrected chi connectivity index (χ3v) is 2.49. The first-order valence-electron chi connectivity index (χ1n) is 5.55. The first-order chi connectivity index (χ1) is 5.87. The van der Waals surface area contributed by atoms with E-state index in [1.165, 1.54) is 12.8 Å². The van der Waals surface area contributed by atoms with E-state index in [-0.39, 0.29) is 11.5 Å². The molecule has 0 aromatic carbocycles. The van der Waals surface area contributed by atoms with Crippen molar-refractivity contribution in [3.63, 3.8) is 0 Å². The molecule has 0 aromatic rings. The van der Waals surface area contributed by atoms with Gasteiger partial charge < -0.3 is 5.11 Å². The van der Waals surface area contributed by atoms with Gasteiger partial charge in [-0.2, -0.15) is 0 Å². The Morgan fingerprint density at radius 1 is 1.23 bits per heavy atom. The molecule has 1 N–H and O–H groups in total. The molecule has 0 radical (unpaired) electrons. The van der Waals surface area contributed by atoms with Crippen molar-refractivity contribution in [2.24, 2.45) is 11.3 Å². The molecule has 2 unspecified atom stereocenters. The van der Waals surface area contributed by atoms with Gasteiger partial charge in [0.05, 0.1) is 6.10 Å². The molecule has 0 saturated heterocycles. The van der Waals surface area contributed by atoms with E-state index in [1.54, 1.807) is 0 Å². The quantitative estimate of drug-likeness (QED) is 0.695. The Morgan fingerprint density at radius 2 is 1.77 bits per heavy atom. The number of aliphatic hydroxyl groups is 1. The molecule has 2 atom stereocenters. The van der Waals surface area contributed by atoms with Gasteiger partial charge in [0.2, 0.25) is 0 Å². The van der Waals surface area contributed by atoms with Crippen LogP contribution >= 0.6 is 0 Å². The Hall–Kier alpha value is -0.0400. The SMILES string of the molecule is CCCCC(C)C(O)CC(C)(C)C. The zero-order chi connectivity index (χ0) is 10.5. The molecular formula is C12H26O. The fourth-order valence-electron chi connectivity index (χ4n) is 1.55. The van der Waals surface area contributed by atoms with Crippen LogP contribution in [0.25, 0.3) is 0 Å². The molecule has 0 heterocycles. The van der Waals surface area contributed by atoms with Crippen LogP contribution < -0.4 is 0 Å². The van der Waals surface area contributed by atoms with Gasteiger partial charge in [0.1, 0.15) is 0 Å². The van der Waals surface area contributed by atoms with Gasteiger partial charge in [-0.3, -0.25) is 0 Å². The van der Waals surface area contributed by atoms with E-state index in [1.807, 2.05) is 0 Å². The van der Waals surface area contributed by atoms with Gasteiger partial charge in [0.25, 0.3) is 0 Å². The predicted molar refractivity (Wildman–Crippen MR) is 58.8 cm³/mol. The van der Waals surface area contributed by atoms with Crippen LogP contribution in [-0.2, 0) is 0 Å². The van der Waals surface area contributed by atoms with Gasteiger partial charge in [-0.05, 0) is 24.2 Å². The normalized spacial score (nSPS) is 17.1. The molecule has 0 aliphatic rings. The molecule has 0 aliphatic heterocycles. The molecule has 13 heavy (non-hydrogen) atoms. The molecule has 1 heteroatoms. The second-order valence-corrected chi connectivity index (χ2v) is 5.45. The fraction of sp³-hybridized carbons (Fsp3) is 1.00. The zero-order valence-electron chi connectivity index (χ0n) is 9.93. The maximum absolute atomic E-state index is 9.88. The summed E-state index contributed by atoms with van der Waals surface area (Å²) in [7, 11) is 0. The minimum Gasteiger partial charge on any atom is -0.393 e. The molecule has 0 aliphatic carbocycles. The van der Waals surface area contributed by atoms with E-state index in [0.717, 1.165) is 12.8 Å². The van der Waals surface area contributed by atoms with Gasteiger partial charge in [0.15, 0.2) is 0 Å². The molecule has 0 amide bonds. The van der Waals surface area contributed by atoms with Crippen molar-refractivity contribution in [1.29, 1.82) is 0 Å². The van der Waals surface area contributed by atoms with Crippen LogP contribution in [0.5, 0.6) is 0 Å². The minimum atomic E-state index is -0.119. The van der Waals surface area contributed by atoms with Crippen LogP contribution in [0.1, 0.15) is 60.3 Å². The fourth-order valence-corrected chi connectivity index (χ4v) is 1.55. The van der Waals surface area contributed by atoms with Gasteiger partial charge >= 0.3 is 0 Å². The van der Waals surface area contributed by atoms with Crippen molar-refractivity contribution in [2.75, 3.05) is 0 Å². The molecule has 0 aromatic heterocycles. The zero-order valence-corrected chi connectivity index (χ0v) is 9.93. The lowest BCUT2D eigenvalue weighted by Gasteiger charge is -2.26. The largest absolute Gasteiger partial charge is 0.393 e. The molecule has 0 saturated carbocycles. The molecule has 1 nitrogen and oxygen atoms in total. The van der Waals surface area contributed by atoms with E-state index in [9.17, 15) is 5.11 Å². The van der Waals surface area contributed by atoms with Crippen molar-refractivity contribution in [2.45, 2.75) is 66.4 Å². The number of hydrogen-bond donors (Lipinski definition) is 1. The van der Waals surface area contributed by atoms with Gasteiger partial charge in [0, 0.05) is 0 Å². The van der Waals surface area contributed by atoms with Gasteiger partial charge in [-0.1, -0.05) is 47.5 Å². The van der Waals surface area contributed by atoms with Gasteiger partial charge in [-0.25, -0.2) is 0 Å². The monoisotopic (exact) mass is 186 g/mol. The summed E-state index contributed by atoms with van der Waals surface area (Å²) in [5.74, 6) is 0.458. The number of unbranched alkanes of at least 4 members (excludes halogenated alkanes) is 1. The average molecular weight is 186 g/mol. The average Bonchev–Trinajstić information content (AvgIpc) is 1.96. The summed E-state index contributed by atoms with van der Waals surface area (Å²) in [4.78, 5) is 0. The number of aliphatic hydroxyl groups excluding tert-OH is 1. The van der Waals surface area contributed by atoms with Crippen LogP contribution in [0.4, 0.5) is 0 Å². The lowest BCUT2D eigenvalue weighted by atomic mass is 9.84. The second-order valence-electron chi connectivity index (χ2n) is 5.45. The summed E-state index contributed by atoms with van der Waals surface area (Å²) in [5, 5.41) is 9.88. The van der Waals surface area contributed by atoms with Crippen molar-refractivity contribution in [3.05, 3.63) is 0 Å². The van der Waals surface area contributed by atoms with E-state index in [0.29, 0.717) is 5.92 Å². The Kier molecular flexibility index (Phi) is 5.62. The lowest BCUT2D eigenvalue weighted by Crippen LogP contribution is -2.24. The van der Waals surface area contributed by atoms with Crippen molar-refractivity contribution in [3.8, 4) is 0 Å². The second kappa shape index (κ2) is 5.64. The first-order valence-corrected chi connectivity index (χ1v) is 5.55. The van der Waals surface area contributed by atoms with Crippen molar-refractivity contribution >= 4 is 0 Å². The van der Waals surface area contributed by atoms with Gasteiger partial charge in [-0.15, -0.1) is 0 Å². The Bertz CT molecular complexity index is 124. The molecule has 0 fully saturated rings. The summed E-state index contributed by atoms with van der Waals surface area (Å²) < 4.78 is 0. The summed E-state index contributed by atoms with van der Waals surface area (Å²) in [6.07, 6.45) is 4.42. The van der Waals surface area contributed by atoms with Crippen LogP contribution in [0.15, 0.2) is 0 Å². The Labute approximate surface area is 83.5 Å².